The quantitative estimate of drug-likeness (QED) is 0.112. The molecule has 0 saturated heterocycles. The van der Waals surface area contributed by atoms with Gasteiger partial charge in [-0.1, -0.05) is 94.1 Å². The van der Waals surface area contributed by atoms with Crippen molar-refractivity contribution in [3.63, 3.8) is 0 Å². The van der Waals surface area contributed by atoms with Crippen LogP contribution in [0.5, 0.6) is 0 Å². The van der Waals surface area contributed by atoms with Crippen LogP contribution in [0.1, 0.15) is 71.2 Å². The standard InChI is InChI=1S/C37H32N3O.C18H24GeN.Ir/c1-23(2)30-20-19-27-26-14-11-15-28(34(26)41-36(27)39-30)35-38-31-16-9-10-17-33(31)40(35)32-21-18-25(37(3,4)5)22-29(32)24-12-7-6-8-13-24;1-14(2)11-16-12-18(15-9-7-6-8-10-15)20-13-17(16)19(3,4)5;/h6-14,16-23H,1-5H3;6-9,12-14H,11H2,1-5H3;/q2*-1;. The van der Waals surface area contributed by atoms with Crippen molar-refractivity contribution >= 4 is 50.8 Å². The first-order valence-corrected chi connectivity index (χ1v) is 28.9. The molecule has 0 unspecified atom stereocenters. The third-order valence-corrected chi connectivity index (χ3v) is 15.6. The fraction of sp³-hybridized carbons (Fsp3) is 0.255. The van der Waals surface area contributed by atoms with Crippen LogP contribution in [0.3, 0.4) is 0 Å². The summed E-state index contributed by atoms with van der Waals surface area (Å²) in [4.78, 5) is 14.7. The van der Waals surface area contributed by atoms with Gasteiger partial charge in [-0.3, -0.25) is 4.98 Å². The molecule has 0 fully saturated rings. The maximum atomic E-state index is 6.50. The van der Waals surface area contributed by atoms with Crippen molar-refractivity contribution in [2.45, 2.75) is 83.5 Å². The molecule has 0 bridgehead atoms. The first-order chi connectivity index (χ1) is 29.2. The Labute approximate surface area is 383 Å². The Hall–Kier alpha value is -5.14. The number of imidazole rings is 1. The van der Waals surface area contributed by atoms with E-state index in [4.69, 9.17) is 19.4 Å². The second-order valence-electron chi connectivity index (χ2n) is 18.9. The molecule has 0 amide bonds. The Morgan fingerprint density at radius 2 is 1.48 bits per heavy atom. The van der Waals surface area contributed by atoms with E-state index in [0.29, 0.717) is 17.5 Å². The molecule has 4 heterocycles. The zero-order chi connectivity index (χ0) is 43.1. The maximum Gasteiger partial charge on any atom is 0.216 e. The minimum Gasteiger partial charge on any atom is -0.486 e. The van der Waals surface area contributed by atoms with Gasteiger partial charge in [0.1, 0.15) is 0 Å². The molecule has 7 heteroatoms. The van der Waals surface area contributed by atoms with E-state index in [0.717, 1.165) is 79.0 Å². The van der Waals surface area contributed by atoms with Crippen LogP contribution in [0.25, 0.3) is 72.6 Å². The topological polar surface area (TPSA) is 56.7 Å². The largest absolute Gasteiger partial charge is 0.486 e. The van der Waals surface area contributed by atoms with Crippen LogP contribution >= 0.6 is 0 Å². The van der Waals surface area contributed by atoms with E-state index < -0.39 is 13.3 Å². The summed E-state index contributed by atoms with van der Waals surface area (Å²) in [5.74, 6) is 9.10. The summed E-state index contributed by atoms with van der Waals surface area (Å²) < 4.78 is 10.3. The summed E-state index contributed by atoms with van der Waals surface area (Å²) in [7, 11) is 0. The average molecular weight is 1050 g/mol. The number of nitrogens with zero attached hydrogens (tertiary/aromatic N) is 4. The molecule has 0 aliphatic carbocycles. The third kappa shape index (κ3) is 9.29. The Morgan fingerprint density at radius 1 is 0.742 bits per heavy atom. The summed E-state index contributed by atoms with van der Waals surface area (Å²) in [6, 6.07) is 51.1. The molecule has 0 N–H and O–H groups in total. The van der Waals surface area contributed by atoms with Gasteiger partial charge in [0.2, 0.25) is 5.71 Å². The van der Waals surface area contributed by atoms with E-state index in [1.54, 1.807) is 4.40 Å². The van der Waals surface area contributed by atoms with Crippen molar-refractivity contribution in [2.75, 3.05) is 0 Å². The Kier molecular flexibility index (Phi) is 13.3. The van der Waals surface area contributed by atoms with Gasteiger partial charge in [-0.15, -0.1) is 18.2 Å². The van der Waals surface area contributed by atoms with Gasteiger partial charge in [0, 0.05) is 42.4 Å². The first-order valence-electron chi connectivity index (χ1n) is 21.6. The molecule has 0 aliphatic heterocycles. The number of hydrogen-bond donors (Lipinski definition) is 0. The Balaban J connectivity index is 0.000000233. The van der Waals surface area contributed by atoms with Crippen LogP contribution in [0.4, 0.5) is 0 Å². The van der Waals surface area contributed by atoms with E-state index in [1.165, 1.54) is 11.1 Å². The van der Waals surface area contributed by atoms with Gasteiger partial charge in [-0.2, -0.15) is 0 Å². The normalized spacial score (nSPS) is 11.9. The van der Waals surface area contributed by atoms with Crippen molar-refractivity contribution in [1.29, 1.82) is 0 Å². The van der Waals surface area contributed by atoms with Crippen molar-refractivity contribution in [3.05, 3.63) is 163 Å². The minimum atomic E-state index is -1.86. The van der Waals surface area contributed by atoms with Crippen LogP contribution < -0.4 is 4.40 Å². The van der Waals surface area contributed by atoms with Crippen molar-refractivity contribution in [1.82, 2.24) is 19.5 Å². The fourth-order valence-corrected chi connectivity index (χ4v) is 11.4. The second-order valence-corrected chi connectivity index (χ2v) is 29.5. The number of pyridine rings is 2. The number of fused-ring (bicyclic) bond motifs is 4. The van der Waals surface area contributed by atoms with Crippen LogP contribution in [0, 0.1) is 18.1 Å². The number of furan rings is 1. The summed E-state index contributed by atoms with van der Waals surface area (Å²) in [6.07, 6.45) is 3.27. The molecule has 5 nitrogen and oxygen atoms in total. The predicted molar refractivity (Wildman–Crippen MR) is 259 cm³/mol. The number of benzene rings is 5. The van der Waals surface area contributed by atoms with Crippen LogP contribution in [0.15, 0.2) is 138 Å². The third-order valence-electron chi connectivity index (χ3n) is 11.3. The van der Waals surface area contributed by atoms with Crippen LogP contribution in [0.2, 0.25) is 17.3 Å². The zero-order valence-electron chi connectivity index (χ0n) is 37.6. The van der Waals surface area contributed by atoms with E-state index in [1.807, 2.05) is 30.3 Å². The molecule has 0 aliphatic rings. The summed E-state index contributed by atoms with van der Waals surface area (Å²) in [5.41, 5.74) is 13.5. The Morgan fingerprint density at radius 3 is 2.18 bits per heavy atom. The van der Waals surface area contributed by atoms with Gasteiger partial charge in [-0.25, -0.2) is 4.98 Å². The van der Waals surface area contributed by atoms with Crippen molar-refractivity contribution in [2.24, 2.45) is 5.92 Å². The average Bonchev–Trinajstić information content (AvgIpc) is 3.82. The van der Waals surface area contributed by atoms with Gasteiger partial charge in [0.05, 0.1) is 22.4 Å². The second kappa shape index (κ2) is 18.3. The molecular formula is C55H56GeIrN4O-2. The number of rotatable bonds is 8. The van der Waals surface area contributed by atoms with Gasteiger partial charge < -0.3 is 8.98 Å². The summed E-state index contributed by atoms with van der Waals surface area (Å²) in [6.45, 7) is 15.6. The van der Waals surface area contributed by atoms with Gasteiger partial charge in [0.15, 0.2) is 0 Å². The minimum absolute atomic E-state index is 0. The summed E-state index contributed by atoms with van der Waals surface area (Å²) in [5, 5.41) is 2.02. The van der Waals surface area contributed by atoms with Crippen molar-refractivity contribution in [3.8, 4) is 39.5 Å². The predicted octanol–water partition coefficient (Wildman–Crippen LogP) is 14.2. The molecule has 317 valence electrons. The SMILES string of the molecule is CC(C)Cc1cc(-c2[c-]cccc2)nc[c]1[Ge]([CH3])([CH3])[CH3].CC(C)c1ccc2c(n1)oc1c(-c3nc4ccccc4n3-c3ccc(C(C)(C)C)cc3-c3ccccc3)[c-]ccc12.[Ir]. The molecule has 5 aromatic carbocycles. The molecule has 9 aromatic rings. The summed E-state index contributed by atoms with van der Waals surface area (Å²) >= 11 is -1.86. The fourth-order valence-electron chi connectivity index (χ4n) is 8.09. The number of para-hydroxylation sites is 2. The molecule has 0 spiro atoms. The van der Waals surface area contributed by atoms with E-state index in [-0.39, 0.29) is 25.5 Å². The molecular weight excluding hydrogens is 997 g/mol. The first kappa shape index (κ1) is 44.9. The maximum absolute atomic E-state index is 6.50. The van der Waals surface area contributed by atoms with Gasteiger partial charge in [0.25, 0.3) is 0 Å². The molecule has 1 radical (unpaired) electrons. The van der Waals surface area contributed by atoms with Crippen molar-refractivity contribution < 1.29 is 24.5 Å². The van der Waals surface area contributed by atoms with E-state index in [9.17, 15) is 0 Å². The smallest absolute Gasteiger partial charge is 0.216 e. The zero-order valence-corrected chi connectivity index (χ0v) is 42.1. The number of aromatic nitrogens is 4. The van der Waals surface area contributed by atoms with Crippen LogP contribution in [-0.4, -0.2) is 32.8 Å². The van der Waals surface area contributed by atoms with E-state index in [2.05, 4.69) is 186 Å². The van der Waals surface area contributed by atoms with E-state index >= 15 is 0 Å². The van der Waals surface area contributed by atoms with Gasteiger partial charge in [-0.05, 0) is 58.9 Å². The molecule has 62 heavy (non-hydrogen) atoms. The molecule has 4 aromatic heterocycles. The van der Waals surface area contributed by atoms with Crippen LogP contribution in [-0.2, 0) is 31.9 Å². The molecule has 9 rings (SSSR count). The number of hydrogen-bond acceptors (Lipinski definition) is 4. The molecule has 0 atom stereocenters. The Bertz CT molecular complexity index is 2970. The monoisotopic (exact) mass is 1060 g/mol. The molecule has 0 saturated carbocycles. The van der Waals surface area contributed by atoms with Gasteiger partial charge >= 0.3 is 126 Å².